The van der Waals surface area contributed by atoms with Gasteiger partial charge in [-0.2, -0.15) is 0 Å². The molecule has 1 saturated heterocycles. The molecule has 1 heterocycles. The molecule has 9 nitrogen and oxygen atoms in total. The number of carbonyl (C=O) groups excluding carboxylic acids is 3. The number of hydrogen-bond acceptors (Lipinski definition) is 7. The van der Waals surface area contributed by atoms with Crippen molar-refractivity contribution in [3.8, 4) is 0 Å². The standard InChI is InChI=1S/C55H83N3O6/c1-34(2)44-40(59)32-55(27-28-56-33-49(3,4)57-46(60)35-15-17-36(18-16-35)58-29-13-12-14-30-58)26-25-53(10)37(45(44)55)19-20-42-52(9)23-22-43(51(7,8)41(52)21-24-54(42,53)11)64-48(63)39-31-38(47(61)62)50(39,5)6/h15-18,34,37-39,41-43,56H,12-14,19-33H2,1-11H3,(H,57,60)(H,61,62)/t37-,38+,39-,41+,42-,43+,52+,53-,54-,55-/m1/s1. The van der Waals surface area contributed by atoms with Gasteiger partial charge in [0.15, 0.2) is 5.78 Å². The van der Waals surface area contributed by atoms with E-state index < -0.39 is 22.8 Å². The summed E-state index contributed by atoms with van der Waals surface area (Å²) >= 11 is 0. The third kappa shape index (κ3) is 7.60. The van der Waals surface area contributed by atoms with Crippen molar-refractivity contribution in [1.29, 1.82) is 0 Å². The van der Waals surface area contributed by atoms with E-state index in [4.69, 9.17) is 4.74 Å². The molecule has 1 aromatic carbocycles. The summed E-state index contributed by atoms with van der Waals surface area (Å²) in [5, 5.41) is 16.8. The molecule has 0 bridgehead atoms. The largest absolute Gasteiger partial charge is 0.481 e. The molecule has 0 unspecified atom stereocenters. The van der Waals surface area contributed by atoms with Crippen LogP contribution in [0.25, 0.3) is 0 Å². The summed E-state index contributed by atoms with van der Waals surface area (Å²) in [6.07, 6.45) is 14.0. The molecule has 0 spiro atoms. The number of carboxylic acids is 1. The molecule has 6 fully saturated rings. The van der Waals surface area contributed by atoms with Crippen LogP contribution < -0.4 is 15.5 Å². The lowest BCUT2D eigenvalue weighted by Gasteiger charge is -2.72. The third-order valence-electron chi connectivity index (χ3n) is 20.3. The fourth-order valence-electron chi connectivity index (χ4n) is 16.3. The maximum atomic E-state index is 14.3. The number of esters is 1. The molecule has 1 amide bonds. The van der Waals surface area contributed by atoms with Crippen LogP contribution in [0.5, 0.6) is 0 Å². The number of amides is 1. The predicted octanol–water partition coefficient (Wildman–Crippen LogP) is 10.8. The summed E-state index contributed by atoms with van der Waals surface area (Å²) in [5.41, 5.74) is 3.45. The number of piperidine rings is 1. The summed E-state index contributed by atoms with van der Waals surface area (Å²) in [6, 6.07) is 8.09. The van der Waals surface area contributed by atoms with Gasteiger partial charge in [0.1, 0.15) is 6.10 Å². The average molecular weight is 882 g/mol. The zero-order valence-corrected chi connectivity index (χ0v) is 41.5. The highest BCUT2D eigenvalue weighted by molar-refractivity contribution is 6.00. The predicted molar refractivity (Wildman–Crippen MR) is 254 cm³/mol. The Kier molecular flexibility index (Phi) is 12.2. The van der Waals surface area contributed by atoms with Crippen LogP contribution in [-0.4, -0.2) is 66.6 Å². The molecule has 0 radical (unpaired) electrons. The third-order valence-corrected chi connectivity index (χ3v) is 20.3. The van der Waals surface area contributed by atoms with Crippen LogP contribution in [0, 0.1) is 68.0 Å². The van der Waals surface area contributed by atoms with Crippen molar-refractivity contribution in [2.75, 3.05) is 31.1 Å². The Bertz CT molecular complexity index is 2030. The molecule has 64 heavy (non-hydrogen) atoms. The second kappa shape index (κ2) is 16.5. The van der Waals surface area contributed by atoms with Crippen LogP contribution in [0.1, 0.15) is 176 Å². The molecule has 9 heteroatoms. The number of benzene rings is 1. The first kappa shape index (κ1) is 47.3. The number of ether oxygens (including phenoxy) is 1. The summed E-state index contributed by atoms with van der Waals surface area (Å²) in [4.78, 5) is 55.6. The van der Waals surface area contributed by atoms with Crippen molar-refractivity contribution < 1.29 is 29.0 Å². The van der Waals surface area contributed by atoms with Crippen molar-refractivity contribution in [2.45, 2.75) is 178 Å². The van der Waals surface area contributed by atoms with Gasteiger partial charge in [0.05, 0.1) is 11.8 Å². The number of nitrogens with one attached hydrogen (secondary N) is 2. The fraction of sp³-hybridized carbons (Fsp3) is 0.782. The molecule has 6 aliphatic carbocycles. The number of allylic oxidation sites excluding steroid dienone is 2. The Hall–Kier alpha value is -3.20. The van der Waals surface area contributed by atoms with E-state index in [1.807, 2.05) is 26.0 Å². The highest BCUT2D eigenvalue weighted by Crippen LogP contribution is 2.77. The van der Waals surface area contributed by atoms with Gasteiger partial charge in [0.2, 0.25) is 0 Å². The van der Waals surface area contributed by atoms with E-state index in [-0.39, 0.29) is 56.9 Å². The Labute approximate surface area is 385 Å². The first-order chi connectivity index (χ1) is 29.9. The first-order valence-corrected chi connectivity index (χ1v) is 25.5. The molecule has 354 valence electrons. The Morgan fingerprint density at radius 3 is 2.16 bits per heavy atom. The number of fused-ring (bicyclic) bond motifs is 7. The number of aliphatic carboxylic acids is 1. The number of rotatable bonds is 12. The van der Waals surface area contributed by atoms with Gasteiger partial charge in [-0.3, -0.25) is 19.2 Å². The van der Waals surface area contributed by atoms with Gasteiger partial charge in [-0.1, -0.05) is 67.9 Å². The lowest BCUT2D eigenvalue weighted by atomic mass is 9.33. The molecule has 0 aromatic heterocycles. The van der Waals surface area contributed by atoms with Crippen LogP contribution in [0.4, 0.5) is 5.69 Å². The van der Waals surface area contributed by atoms with Crippen LogP contribution in [0.15, 0.2) is 35.4 Å². The first-order valence-electron chi connectivity index (χ1n) is 25.5. The average Bonchev–Trinajstić information content (AvgIpc) is 3.52. The van der Waals surface area contributed by atoms with Gasteiger partial charge in [0, 0.05) is 53.7 Å². The lowest BCUT2D eigenvalue weighted by Crippen LogP contribution is -2.66. The number of hydrogen-bond donors (Lipinski definition) is 3. The summed E-state index contributed by atoms with van der Waals surface area (Å²) < 4.78 is 6.46. The van der Waals surface area contributed by atoms with Gasteiger partial charge in [-0.15, -0.1) is 0 Å². The number of ketones is 1. The smallest absolute Gasteiger partial charge is 0.309 e. The zero-order valence-electron chi connectivity index (χ0n) is 41.5. The van der Waals surface area contributed by atoms with Gasteiger partial charge in [-0.25, -0.2) is 0 Å². The molecule has 1 aromatic rings. The molecule has 5 saturated carbocycles. The fourth-order valence-corrected chi connectivity index (χ4v) is 16.3. The maximum absolute atomic E-state index is 14.3. The van der Waals surface area contributed by atoms with E-state index in [2.05, 4.69) is 90.0 Å². The highest BCUT2D eigenvalue weighted by Gasteiger charge is 2.70. The number of carbonyl (C=O) groups is 4. The summed E-state index contributed by atoms with van der Waals surface area (Å²) in [7, 11) is 0. The van der Waals surface area contributed by atoms with E-state index in [1.165, 1.54) is 30.5 Å². The minimum atomic E-state index is -0.822. The SMILES string of the molecule is CC(C)C1=C2[C@H]3CC[C@@H]4[C@@]5(C)CC[C@H](OC(=O)[C@H]6C[C@@H](C(=O)O)C6(C)C)C(C)(C)[C@@H]5CC[C@@]4(C)[C@]3(C)CC[C@@]2(CCNCC(C)(C)NC(=O)c2ccc(N3CCCCC3)cc2)CC1=O. The number of nitrogens with zero attached hydrogens (tertiary/aromatic N) is 1. The van der Waals surface area contributed by atoms with E-state index in [1.54, 1.807) is 0 Å². The van der Waals surface area contributed by atoms with Gasteiger partial charge < -0.3 is 25.4 Å². The topological polar surface area (TPSA) is 125 Å². The number of anilines is 1. The van der Waals surface area contributed by atoms with Crippen LogP contribution in [-0.2, 0) is 19.1 Å². The molecule has 8 rings (SSSR count). The van der Waals surface area contributed by atoms with Gasteiger partial charge in [-0.05, 0) is 179 Å². The van der Waals surface area contributed by atoms with E-state index in [0.29, 0.717) is 48.5 Å². The van der Waals surface area contributed by atoms with E-state index in [9.17, 15) is 24.3 Å². The van der Waals surface area contributed by atoms with Crippen molar-refractivity contribution in [1.82, 2.24) is 10.6 Å². The zero-order chi connectivity index (χ0) is 46.4. The quantitative estimate of drug-likeness (QED) is 0.140. The lowest BCUT2D eigenvalue weighted by molar-refractivity contribution is -0.236. The van der Waals surface area contributed by atoms with Crippen molar-refractivity contribution in [3.63, 3.8) is 0 Å². The highest BCUT2D eigenvalue weighted by atomic mass is 16.5. The molecule has 1 aliphatic heterocycles. The minimum absolute atomic E-state index is 0.0484. The Morgan fingerprint density at radius 2 is 1.52 bits per heavy atom. The van der Waals surface area contributed by atoms with Crippen molar-refractivity contribution in [3.05, 3.63) is 41.0 Å². The summed E-state index contributed by atoms with van der Waals surface area (Å²) in [6.45, 7) is 28.5. The van der Waals surface area contributed by atoms with Crippen molar-refractivity contribution in [2.24, 2.45) is 68.0 Å². The second-order valence-electron chi connectivity index (χ2n) is 25.1. The second-order valence-corrected chi connectivity index (χ2v) is 25.1. The Balaban J connectivity index is 0.938. The van der Waals surface area contributed by atoms with Crippen LogP contribution >= 0.6 is 0 Å². The molecular weight excluding hydrogens is 799 g/mol. The molecular formula is C55H83N3O6. The molecule has 7 aliphatic rings. The van der Waals surface area contributed by atoms with Crippen LogP contribution in [0.2, 0.25) is 0 Å². The van der Waals surface area contributed by atoms with Gasteiger partial charge in [0.25, 0.3) is 5.91 Å². The maximum Gasteiger partial charge on any atom is 0.309 e. The normalized spacial score (nSPS) is 37.8. The van der Waals surface area contributed by atoms with E-state index >= 15 is 0 Å². The minimum Gasteiger partial charge on any atom is -0.481 e. The van der Waals surface area contributed by atoms with Crippen molar-refractivity contribution >= 4 is 29.3 Å². The number of Topliss-reactive ketones (excluding diaryl/α,β-unsaturated/α-hetero) is 1. The molecule has 10 atom stereocenters. The molecule has 3 N–H and O–H groups in total. The Morgan fingerprint density at radius 1 is 0.828 bits per heavy atom. The van der Waals surface area contributed by atoms with E-state index in [0.717, 1.165) is 83.0 Å². The van der Waals surface area contributed by atoms with Gasteiger partial charge >= 0.3 is 11.9 Å². The van der Waals surface area contributed by atoms with Crippen LogP contribution in [0.3, 0.4) is 0 Å². The summed E-state index contributed by atoms with van der Waals surface area (Å²) in [5.74, 6) is -0.0575. The number of carboxylic acid groups (broad SMARTS) is 1. The monoisotopic (exact) mass is 882 g/mol.